The van der Waals surface area contributed by atoms with E-state index in [4.69, 9.17) is 5.11 Å². The Hall–Kier alpha value is -1.80. The maximum atomic E-state index is 10.2. The number of hydrogen-bond donors (Lipinski definition) is 2. The summed E-state index contributed by atoms with van der Waals surface area (Å²) in [4.78, 5) is 0. The Kier molecular flexibility index (Phi) is 3.78. The molecule has 0 radical (unpaired) electrons. The molecule has 0 aliphatic heterocycles. The van der Waals surface area contributed by atoms with Gasteiger partial charge in [-0.25, -0.2) is 0 Å². The van der Waals surface area contributed by atoms with E-state index in [-0.39, 0.29) is 6.61 Å². The lowest BCUT2D eigenvalue weighted by atomic mass is 9.99. The van der Waals surface area contributed by atoms with Gasteiger partial charge in [0, 0.05) is 12.2 Å². The van der Waals surface area contributed by atoms with E-state index in [1.807, 2.05) is 48.5 Å². The number of phenolic OH excluding ortho intramolecular Hbond substituents is 1. The molecule has 0 heterocycles. The monoisotopic (exact) mass is 228 g/mol. The highest BCUT2D eigenvalue weighted by Crippen LogP contribution is 2.32. The lowest BCUT2D eigenvalue weighted by Crippen LogP contribution is -1.91. The van der Waals surface area contributed by atoms with E-state index >= 15 is 0 Å². The van der Waals surface area contributed by atoms with Crippen LogP contribution in [0.4, 0.5) is 0 Å². The molecule has 0 bridgehead atoms. The highest BCUT2D eigenvalue weighted by Gasteiger charge is 2.07. The number of benzene rings is 2. The smallest absolute Gasteiger partial charge is 0.126 e. The topological polar surface area (TPSA) is 40.5 Å². The molecule has 0 aromatic heterocycles. The van der Waals surface area contributed by atoms with E-state index in [0.29, 0.717) is 18.6 Å². The Bertz CT molecular complexity index is 478. The first-order valence-electron chi connectivity index (χ1n) is 5.80. The number of aliphatic hydroxyl groups excluding tert-OH is 1. The third kappa shape index (κ3) is 2.66. The van der Waals surface area contributed by atoms with Crippen molar-refractivity contribution in [3.63, 3.8) is 0 Å². The average molecular weight is 228 g/mol. The Morgan fingerprint density at radius 1 is 0.882 bits per heavy atom. The van der Waals surface area contributed by atoms with Crippen LogP contribution in [-0.2, 0) is 6.42 Å². The van der Waals surface area contributed by atoms with Gasteiger partial charge in [-0.15, -0.1) is 0 Å². The number of aliphatic hydroxyl groups is 1. The molecule has 0 aliphatic carbocycles. The lowest BCUT2D eigenvalue weighted by molar-refractivity contribution is 0.288. The summed E-state index contributed by atoms with van der Waals surface area (Å²) in [5, 5.41) is 19.0. The van der Waals surface area contributed by atoms with Crippen LogP contribution in [0.2, 0.25) is 0 Å². The van der Waals surface area contributed by atoms with Crippen molar-refractivity contribution >= 4 is 0 Å². The number of phenols is 1. The van der Waals surface area contributed by atoms with Crippen LogP contribution in [0, 0.1) is 0 Å². The summed E-state index contributed by atoms with van der Waals surface area (Å²) in [6.07, 6.45) is 1.37. The summed E-state index contributed by atoms with van der Waals surface area (Å²) in [5.74, 6) is 0.326. The fraction of sp³-hybridized carbons (Fsp3) is 0.200. The van der Waals surface area contributed by atoms with Gasteiger partial charge in [-0.1, -0.05) is 48.5 Å². The number of aromatic hydroxyl groups is 1. The maximum Gasteiger partial charge on any atom is 0.126 e. The van der Waals surface area contributed by atoms with Gasteiger partial charge in [0.15, 0.2) is 0 Å². The highest BCUT2D eigenvalue weighted by molar-refractivity contribution is 5.71. The van der Waals surface area contributed by atoms with Crippen LogP contribution in [0.15, 0.2) is 48.5 Å². The standard InChI is InChI=1S/C15H16O2/c16-11-5-9-13-8-4-10-14(15(13)17)12-6-2-1-3-7-12/h1-4,6-8,10,16-17H,5,9,11H2. The van der Waals surface area contributed by atoms with Gasteiger partial charge in [-0.3, -0.25) is 0 Å². The fourth-order valence-corrected chi connectivity index (χ4v) is 1.91. The summed E-state index contributed by atoms with van der Waals surface area (Å²) in [7, 11) is 0. The second-order valence-electron chi connectivity index (χ2n) is 4.01. The molecule has 0 aliphatic rings. The molecule has 2 rings (SSSR count). The van der Waals surface area contributed by atoms with E-state index in [9.17, 15) is 5.11 Å². The zero-order valence-corrected chi connectivity index (χ0v) is 9.63. The van der Waals surface area contributed by atoms with Gasteiger partial charge in [0.25, 0.3) is 0 Å². The Balaban J connectivity index is 2.36. The molecule has 2 heteroatoms. The molecule has 88 valence electrons. The molecule has 0 saturated carbocycles. The second-order valence-corrected chi connectivity index (χ2v) is 4.01. The largest absolute Gasteiger partial charge is 0.507 e. The minimum absolute atomic E-state index is 0.148. The fourth-order valence-electron chi connectivity index (χ4n) is 1.91. The van der Waals surface area contributed by atoms with Crippen molar-refractivity contribution in [2.24, 2.45) is 0 Å². The number of aryl methyl sites for hydroxylation is 1. The van der Waals surface area contributed by atoms with Gasteiger partial charge in [-0.05, 0) is 24.0 Å². The van der Waals surface area contributed by atoms with Crippen LogP contribution in [-0.4, -0.2) is 16.8 Å². The normalized spacial score (nSPS) is 10.4. The van der Waals surface area contributed by atoms with Crippen LogP contribution in [0.3, 0.4) is 0 Å². The van der Waals surface area contributed by atoms with E-state index in [1.165, 1.54) is 0 Å². The molecule has 0 spiro atoms. The Morgan fingerprint density at radius 3 is 2.35 bits per heavy atom. The summed E-state index contributed by atoms with van der Waals surface area (Å²) in [6.45, 7) is 0.148. The number of para-hydroxylation sites is 1. The van der Waals surface area contributed by atoms with Crippen LogP contribution in [0.5, 0.6) is 5.75 Å². The summed E-state index contributed by atoms with van der Waals surface area (Å²) < 4.78 is 0. The van der Waals surface area contributed by atoms with E-state index in [2.05, 4.69) is 0 Å². The van der Waals surface area contributed by atoms with Crippen LogP contribution < -0.4 is 0 Å². The van der Waals surface area contributed by atoms with Crippen LogP contribution in [0.1, 0.15) is 12.0 Å². The van der Waals surface area contributed by atoms with Crippen molar-refractivity contribution in [1.82, 2.24) is 0 Å². The van der Waals surface area contributed by atoms with Gasteiger partial charge >= 0.3 is 0 Å². The number of rotatable bonds is 4. The van der Waals surface area contributed by atoms with Gasteiger partial charge < -0.3 is 10.2 Å². The van der Waals surface area contributed by atoms with Gasteiger partial charge in [0.05, 0.1) is 0 Å². The van der Waals surface area contributed by atoms with Gasteiger partial charge in [-0.2, -0.15) is 0 Å². The molecule has 0 fully saturated rings. The minimum atomic E-state index is 0.148. The van der Waals surface area contributed by atoms with Crippen molar-refractivity contribution in [3.8, 4) is 16.9 Å². The first kappa shape index (κ1) is 11.7. The molecule has 0 unspecified atom stereocenters. The molecular weight excluding hydrogens is 212 g/mol. The summed E-state index contributed by atoms with van der Waals surface area (Å²) >= 11 is 0. The second kappa shape index (κ2) is 5.51. The lowest BCUT2D eigenvalue weighted by Gasteiger charge is -2.09. The highest BCUT2D eigenvalue weighted by atomic mass is 16.3. The summed E-state index contributed by atoms with van der Waals surface area (Å²) in [6, 6.07) is 15.6. The Morgan fingerprint density at radius 2 is 1.65 bits per heavy atom. The molecule has 0 atom stereocenters. The van der Waals surface area contributed by atoms with Crippen molar-refractivity contribution in [2.75, 3.05) is 6.61 Å². The van der Waals surface area contributed by atoms with Gasteiger partial charge in [0.2, 0.25) is 0 Å². The summed E-state index contributed by atoms with van der Waals surface area (Å²) in [5.41, 5.74) is 2.75. The van der Waals surface area contributed by atoms with Crippen LogP contribution >= 0.6 is 0 Å². The maximum absolute atomic E-state index is 10.2. The molecule has 0 amide bonds. The number of hydrogen-bond acceptors (Lipinski definition) is 2. The quantitative estimate of drug-likeness (QED) is 0.844. The van der Waals surface area contributed by atoms with E-state index in [1.54, 1.807) is 0 Å². The van der Waals surface area contributed by atoms with Crippen molar-refractivity contribution < 1.29 is 10.2 Å². The zero-order valence-electron chi connectivity index (χ0n) is 9.63. The third-order valence-electron chi connectivity index (χ3n) is 2.81. The molecule has 17 heavy (non-hydrogen) atoms. The third-order valence-corrected chi connectivity index (χ3v) is 2.81. The first-order chi connectivity index (χ1) is 8.33. The molecule has 0 saturated heterocycles. The minimum Gasteiger partial charge on any atom is -0.507 e. The van der Waals surface area contributed by atoms with Crippen molar-refractivity contribution in [3.05, 3.63) is 54.1 Å². The molecular formula is C15H16O2. The first-order valence-corrected chi connectivity index (χ1v) is 5.80. The van der Waals surface area contributed by atoms with Gasteiger partial charge in [0.1, 0.15) is 5.75 Å². The zero-order chi connectivity index (χ0) is 12.1. The SMILES string of the molecule is OCCCc1cccc(-c2ccccc2)c1O. The van der Waals surface area contributed by atoms with E-state index < -0.39 is 0 Å². The molecule has 2 N–H and O–H groups in total. The predicted octanol–water partition coefficient (Wildman–Crippen LogP) is 2.98. The molecule has 2 aromatic carbocycles. The van der Waals surface area contributed by atoms with Crippen molar-refractivity contribution in [1.29, 1.82) is 0 Å². The predicted molar refractivity (Wildman–Crippen MR) is 68.9 cm³/mol. The van der Waals surface area contributed by atoms with Crippen LogP contribution in [0.25, 0.3) is 11.1 Å². The molecule has 2 aromatic rings. The molecule has 2 nitrogen and oxygen atoms in total. The Labute approximate surface area is 101 Å². The average Bonchev–Trinajstić information content (AvgIpc) is 2.39. The van der Waals surface area contributed by atoms with E-state index in [0.717, 1.165) is 16.7 Å². The van der Waals surface area contributed by atoms with Crippen molar-refractivity contribution in [2.45, 2.75) is 12.8 Å².